The zero-order valence-electron chi connectivity index (χ0n) is 17.9. The highest BCUT2D eigenvalue weighted by molar-refractivity contribution is 7.89. The van der Waals surface area contributed by atoms with Crippen LogP contribution < -0.4 is 5.32 Å². The van der Waals surface area contributed by atoms with Crippen molar-refractivity contribution in [2.75, 3.05) is 27.2 Å². The van der Waals surface area contributed by atoms with Gasteiger partial charge < -0.3 is 10.2 Å². The largest absolute Gasteiger partial charge is 0.352 e. The Morgan fingerprint density at radius 3 is 2.35 bits per heavy atom. The van der Waals surface area contributed by atoms with Crippen LogP contribution in [0.5, 0.6) is 0 Å². The van der Waals surface area contributed by atoms with Gasteiger partial charge in [0, 0.05) is 32.1 Å². The van der Waals surface area contributed by atoms with Gasteiger partial charge in [0.25, 0.3) is 0 Å². The Balaban J connectivity index is 1.59. The molecule has 0 radical (unpaired) electrons. The maximum Gasteiger partial charge on any atom is 0.244 e. The Morgan fingerprint density at radius 1 is 1.10 bits per heavy atom. The van der Waals surface area contributed by atoms with Gasteiger partial charge in [0.2, 0.25) is 15.9 Å². The second kappa shape index (κ2) is 10.1. The summed E-state index contributed by atoms with van der Waals surface area (Å²) in [6, 6.07) is 16.2. The van der Waals surface area contributed by atoms with Gasteiger partial charge >= 0.3 is 0 Å². The maximum atomic E-state index is 13.0. The minimum atomic E-state index is -3.75. The highest BCUT2D eigenvalue weighted by Gasteiger charge is 2.33. The van der Waals surface area contributed by atoms with Gasteiger partial charge in [-0.3, -0.25) is 4.79 Å². The fourth-order valence-corrected chi connectivity index (χ4v) is 5.44. The van der Waals surface area contributed by atoms with E-state index in [1.807, 2.05) is 38.4 Å². The Morgan fingerprint density at radius 2 is 1.71 bits per heavy atom. The zero-order valence-corrected chi connectivity index (χ0v) is 18.7. The number of benzene rings is 2. The number of hydrogen-bond donors (Lipinski definition) is 1. The predicted octanol–water partition coefficient (Wildman–Crippen LogP) is 2.34. The molecule has 1 amide bonds. The quantitative estimate of drug-likeness (QED) is 0.713. The molecule has 1 fully saturated rings. The van der Waals surface area contributed by atoms with Crippen molar-refractivity contribution in [1.82, 2.24) is 14.5 Å². The highest BCUT2D eigenvalue weighted by atomic mass is 32.2. The predicted molar refractivity (Wildman–Crippen MR) is 118 cm³/mol. The van der Waals surface area contributed by atoms with E-state index in [9.17, 15) is 18.5 Å². The van der Waals surface area contributed by atoms with Gasteiger partial charge in [0.05, 0.1) is 10.5 Å². The van der Waals surface area contributed by atoms with Crippen LogP contribution in [-0.4, -0.2) is 50.7 Å². The first-order valence-electron chi connectivity index (χ1n) is 10.3. The molecule has 8 heteroatoms. The molecular weight excluding hydrogens is 412 g/mol. The topological polar surface area (TPSA) is 93.5 Å². The van der Waals surface area contributed by atoms with Crippen molar-refractivity contribution in [3.63, 3.8) is 0 Å². The minimum absolute atomic E-state index is 0.0258. The fraction of sp³-hybridized carbons (Fsp3) is 0.391. The number of sulfonamides is 1. The van der Waals surface area contributed by atoms with Crippen LogP contribution >= 0.6 is 0 Å². The summed E-state index contributed by atoms with van der Waals surface area (Å²) in [7, 11) is 0.260. The van der Waals surface area contributed by atoms with E-state index >= 15 is 0 Å². The first kappa shape index (κ1) is 22.9. The number of carbonyl (C=O) groups is 1. The first-order valence-corrected chi connectivity index (χ1v) is 11.8. The standard InChI is InChI=1S/C23H28N4O3S/c1-26(2)17-21-9-4-3-8-20(21)16-25-23(28)18-11-13-27(14-12-18)31(29,30)22-10-6-5-7-19(22)15-24/h3-10,18H,11-14,16-17H2,1-2H3,(H,25,28). The molecule has 1 aliphatic rings. The van der Waals surface area contributed by atoms with Crippen LogP contribution in [0.3, 0.4) is 0 Å². The van der Waals surface area contributed by atoms with Crippen LogP contribution in [0.4, 0.5) is 0 Å². The summed E-state index contributed by atoms with van der Waals surface area (Å²) >= 11 is 0. The summed E-state index contributed by atoms with van der Waals surface area (Å²) in [5.41, 5.74) is 2.39. The Bertz CT molecular complexity index is 1070. The molecule has 3 rings (SSSR count). The number of piperidine rings is 1. The number of rotatable bonds is 7. The zero-order chi connectivity index (χ0) is 22.4. The van der Waals surface area contributed by atoms with Gasteiger partial charge in [-0.2, -0.15) is 9.57 Å². The Hall–Kier alpha value is -2.73. The molecule has 0 atom stereocenters. The number of hydrogen-bond acceptors (Lipinski definition) is 5. The smallest absolute Gasteiger partial charge is 0.244 e. The molecule has 31 heavy (non-hydrogen) atoms. The van der Waals surface area contributed by atoms with Crippen molar-refractivity contribution < 1.29 is 13.2 Å². The lowest BCUT2D eigenvalue weighted by Crippen LogP contribution is -2.43. The van der Waals surface area contributed by atoms with Gasteiger partial charge in [0.1, 0.15) is 6.07 Å². The SMILES string of the molecule is CN(C)Cc1ccccc1CNC(=O)C1CCN(S(=O)(=O)c2ccccc2C#N)CC1. The van der Waals surface area contributed by atoms with E-state index in [0.29, 0.717) is 19.4 Å². The van der Waals surface area contributed by atoms with E-state index in [2.05, 4.69) is 16.3 Å². The van der Waals surface area contributed by atoms with Crippen LogP contribution in [0.1, 0.15) is 29.5 Å². The third kappa shape index (κ3) is 5.50. The van der Waals surface area contributed by atoms with Crippen LogP contribution in [0, 0.1) is 17.2 Å². The molecule has 0 saturated carbocycles. The number of nitriles is 1. The summed E-state index contributed by atoms with van der Waals surface area (Å²) in [6.07, 6.45) is 0.915. The number of amides is 1. The first-order chi connectivity index (χ1) is 14.8. The second-order valence-electron chi connectivity index (χ2n) is 8.01. The molecule has 1 heterocycles. The molecule has 0 spiro atoms. The molecular formula is C23H28N4O3S. The summed E-state index contributed by atoms with van der Waals surface area (Å²) in [5.74, 6) is -0.271. The molecule has 1 saturated heterocycles. The number of carbonyl (C=O) groups excluding carboxylic acids is 1. The van der Waals surface area contributed by atoms with Gasteiger partial charge in [-0.25, -0.2) is 8.42 Å². The van der Waals surface area contributed by atoms with E-state index < -0.39 is 10.0 Å². The van der Waals surface area contributed by atoms with Crippen molar-refractivity contribution in [1.29, 1.82) is 5.26 Å². The van der Waals surface area contributed by atoms with Gasteiger partial charge in [0.15, 0.2) is 0 Å². The van der Waals surface area contributed by atoms with Crippen LogP contribution in [0.15, 0.2) is 53.4 Å². The molecule has 164 valence electrons. The molecule has 1 N–H and O–H groups in total. The van der Waals surface area contributed by atoms with Crippen LogP contribution in [-0.2, 0) is 27.9 Å². The van der Waals surface area contributed by atoms with E-state index in [1.54, 1.807) is 12.1 Å². The van der Waals surface area contributed by atoms with E-state index in [4.69, 9.17) is 0 Å². The van der Waals surface area contributed by atoms with Crippen molar-refractivity contribution in [3.8, 4) is 6.07 Å². The minimum Gasteiger partial charge on any atom is -0.352 e. The van der Waals surface area contributed by atoms with Gasteiger partial charge in [-0.1, -0.05) is 36.4 Å². The van der Waals surface area contributed by atoms with Gasteiger partial charge in [-0.15, -0.1) is 0 Å². The molecule has 0 unspecified atom stereocenters. The molecule has 2 aromatic carbocycles. The van der Waals surface area contributed by atoms with Crippen molar-refractivity contribution in [3.05, 3.63) is 65.2 Å². The summed E-state index contributed by atoms with van der Waals surface area (Å²) in [4.78, 5) is 14.8. The van der Waals surface area contributed by atoms with Crippen LogP contribution in [0.2, 0.25) is 0 Å². The average Bonchev–Trinajstić information content (AvgIpc) is 2.78. The average molecular weight is 441 g/mol. The van der Waals surface area contributed by atoms with E-state index in [1.165, 1.54) is 22.0 Å². The molecule has 0 aromatic heterocycles. The second-order valence-corrected chi connectivity index (χ2v) is 9.92. The van der Waals surface area contributed by atoms with Crippen molar-refractivity contribution in [2.45, 2.75) is 30.8 Å². The fourth-order valence-electron chi connectivity index (χ4n) is 3.83. The monoisotopic (exact) mass is 440 g/mol. The Labute approximate surface area is 184 Å². The molecule has 1 aliphatic heterocycles. The lowest BCUT2D eigenvalue weighted by molar-refractivity contribution is -0.126. The van der Waals surface area contributed by atoms with Crippen molar-refractivity contribution >= 4 is 15.9 Å². The Kier molecular flexibility index (Phi) is 7.44. The molecule has 7 nitrogen and oxygen atoms in total. The normalized spacial score (nSPS) is 15.5. The summed E-state index contributed by atoms with van der Waals surface area (Å²) in [5, 5.41) is 12.2. The summed E-state index contributed by atoms with van der Waals surface area (Å²) in [6.45, 7) is 1.78. The van der Waals surface area contributed by atoms with E-state index in [0.717, 1.165) is 12.1 Å². The summed E-state index contributed by atoms with van der Waals surface area (Å²) < 4.78 is 27.3. The number of nitrogens with zero attached hydrogens (tertiary/aromatic N) is 3. The van der Waals surface area contributed by atoms with Gasteiger partial charge in [-0.05, 0) is 50.2 Å². The lowest BCUT2D eigenvalue weighted by atomic mass is 9.97. The molecule has 0 aliphatic carbocycles. The third-order valence-corrected chi connectivity index (χ3v) is 7.46. The molecule has 2 aromatic rings. The third-order valence-electron chi connectivity index (χ3n) is 5.51. The highest BCUT2D eigenvalue weighted by Crippen LogP contribution is 2.26. The lowest BCUT2D eigenvalue weighted by Gasteiger charge is -2.30. The maximum absolute atomic E-state index is 13.0. The number of nitrogens with one attached hydrogen (secondary N) is 1. The van der Waals surface area contributed by atoms with E-state index in [-0.39, 0.29) is 35.4 Å². The molecule has 0 bridgehead atoms. The van der Waals surface area contributed by atoms with Crippen molar-refractivity contribution in [2.24, 2.45) is 5.92 Å². The van der Waals surface area contributed by atoms with Crippen LogP contribution in [0.25, 0.3) is 0 Å².